The number of fused-ring (bicyclic) bond motifs is 4. The number of aryl methyl sites for hydroxylation is 4. The molecular weight excluding hydrogens is 1980 g/mol. The molecule has 0 spiro atoms. The van der Waals surface area contributed by atoms with Crippen molar-refractivity contribution in [1.82, 2.24) is 25.8 Å². The second kappa shape index (κ2) is 59.6. The quantitative estimate of drug-likeness (QED) is 0.0372. The Kier molecular flexibility index (Phi) is 50.4. The topological polar surface area (TPSA) is 262 Å². The van der Waals surface area contributed by atoms with Crippen LogP contribution in [-0.2, 0) is 40.0 Å². The lowest BCUT2D eigenvalue weighted by atomic mass is 9.96. The Labute approximate surface area is 874 Å². The van der Waals surface area contributed by atoms with Crippen molar-refractivity contribution in [3.63, 3.8) is 0 Å². The number of rotatable bonds is 19. The molecule has 0 radical (unpaired) electrons. The van der Waals surface area contributed by atoms with Crippen molar-refractivity contribution < 1.29 is 65.8 Å². The van der Waals surface area contributed by atoms with Gasteiger partial charge in [-0.2, -0.15) is 13.2 Å². The summed E-state index contributed by atoms with van der Waals surface area (Å²) in [6, 6.07) is 64.5. The zero-order valence-corrected chi connectivity index (χ0v) is 89.4. The third kappa shape index (κ3) is 41.3. The van der Waals surface area contributed by atoms with Crippen LogP contribution < -0.4 is 41.7 Å². The number of nitrogens with two attached hydrogens (primary N) is 1. The minimum absolute atomic E-state index is 0.0113. The average molecular weight is 2110 g/mol. The van der Waals surface area contributed by atoms with Gasteiger partial charge in [0.05, 0.1) is 29.5 Å². The van der Waals surface area contributed by atoms with Crippen molar-refractivity contribution in [2.45, 2.75) is 204 Å². The van der Waals surface area contributed by atoms with Gasteiger partial charge in [0, 0.05) is 107 Å². The Bertz CT molecular complexity index is 5670. The first-order chi connectivity index (χ1) is 67.1. The van der Waals surface area contributed by atoms with Gasteiger partial charge in [-0.15, -0.1) is 0 Å². The number of halogens is 11. The Hall–Kier alpha value is -10.6. The SMILES string of the molecule is CC(N)c1ccc2c(c1)CCCN2C(=O)OC(C)(C)C.CC(NC(=O)c1ccc(Cl)cc1)c1ccc2c(c1)CCCN2.CC(NC(=O)c1ccc(Cl)cc1)c1ccc2c(c1)CCCN2C(=O)OC(C)(C)C.CC(NC(=O)c1ccc(Cl)cc1)c1ccc2c(c1)CCCN2C(=O)c1cccc(Cl)c1.CCN(CC)CC.CCN(CC)CC.O=C(Cl)c1ccc(Cl)cc1.O=C(Cl)c1ccc(Cl)cc1.O=CC(F)(F)F. The van der Waals surface area contributed by atoms with Gasteiger partial charge in [-0.3, -0.25) is 43.4 Å². The molecule has 0 fully saturated rings. The molecular formula is C110H131Cl8F3N10O11. The number of alkyl halides is 3. The molecule has 21 nitrogen and oxygen atoms in total. The minimum Gasteiger partial charge on any atom is -0.443 e. The molecule has 0 bridgehead atoms. The van der Waals surface area contributed by atoms with Crippen molar-refractivity contribution in [2.24, 2.45) is 5.73 Å². The molecule has 4 atom stereocenters. The highest BCUT2D eigenvalue weighted by atomic mass is 35.5. The molecule has 764 valence electrons. The summed E-state index contributed by atoms with van der Waals surface area (Å²) in [5.74, 6) is -0.442. The molecule has 6 N–H and O–H groups in total. The smallest absolute Gasteiger partial charge is 0.443 e. The van der Waals surface area contributed by atoms with Gasteiger partial charge in [0.2, 0.25) is 6.29 Å². The number of aldehydes is 1. The van der Waals surface area contributed by atoms with E-state index in [9.17, 15) is 51.5 Å². The number of hydrogen-bond acceptors (Lipinski definition) is 15. The maximum atomic E-state index is 13.1. The number of hydrogen-bond donors (Lipinski definition) is 5. The zero-order valence-electron chi connectivity index (χ0n) is 83.4. The van der Waals surface area contributed by atoms with Crippen LogP contribution in [0.1, 0.15) is 267 Å². The zero-order chi connectivity index (χ0) is 105. The third-order valence-electron chi connectivity index (χ3n) is 22.6. The highest BCUT2D eigenvalue weighted by molar-refractivity contribution is 6.68. The summed E-state index contributed by atoms with van der Waals surface area (Å²) < 4.78 is 42.3. The lowest BCUT2D eigenvalue weighted by Crippen LogP contribution is -2.39. The van der Waals surface area contributed by atoms with Crippen LogP contribution in [0.5, 0.6) is 0 Å². The van der Waals surface area contributed by atoms with E-state index in [1.807, 2.05) is 111 Å². The van der Waals surface area contributed by atoms with Crippen LogP contribution in [0.25, 0.3) is 0 Å². The third-order valence-corrected chi connectivity index (χ3v) is 24.6. The number of amides is 6. The standard InChI is InChI=1S/C25H22Cl2N2O2.C23H27ClN2O3.C18H19ClN2O.C16H24N2O2.2C7H4Cl2O.2C6H15N.C2HF3O/c1-16(28-24(30)17-7-10-21(26)11-8-17)18-9-12-23-19(14-18)5-3-13-29(23)25(31)20-4-2-6-22(27)15-20;1-15(25-21(27)16-7-10-19(24)11-8-16)17-9-12-20-18(14-17)6-5-13-26(20)22(28)29-23(2,3)4;1-12(21-18(22)13-4-7-16(19)8-5-13)14-6-9-17-15(11-14)3-2-10-20-17;1-11(17)12-7-8-14-13(10-12)6-5-9-18(14)15(19)20-16(2,3)4;2*8-6-3-1-5(2-4-6)7(9)10;2*1-4-7(5-2)6-3;3-2(4,5)1-6/h2,4,6-12,14-16H,3,5,13H2,1H3,(H,28,30);7-12,14-15H,5-6,13H2,1-4H3,(H,25,27);4-9,11-12,20H,2-3,10H2,1H3,(H,21,22);7-8,10-11H,5-6,9,17H2,1-4H3;2*1-4H;2*4-6H2,1-3H3;1H. The predicted octanol–water partition coefficient (Wildman–Crippen LogP) is 28.1. The molecule has 4 aliphatic heterocycles. The second-order valence-corrected chi connectivity index (χ2v) is 38.8. The Balaban J connectivity index is 0.000000258. The summed E-state index contributed by atoms with van der Waals surface area (Å²) in [4.78, 5) is 115. The Morgan fingerprint density at radius 3 is 0.972 bits per heavy atom. The molecule has 6 amide bonds. The maximum Gasteiger partial charge on any atom is 0.446 e. The van der Waals surface area contributed by atoms with Gasteiger partial charge in [-0.25, -0.2) is 9.59 Å². The largest absolute Gasteiger partial charge is 0.446 e. The summed E-state index contributed by atoms with van der Waals surface area (Å²) >= 11 is 45.2. The molecule has 14 rings (SSSR count). The Morgan fingerprint density at radius 2 is 0.676 bits per heavy atom. The van der Waals surface area contributed by atoms with Crippen molar-refractivity contribution in [2.75, 3.05) is 85.5 Å². The van der Waals surface area contributed by atoms with Crippen LogP contribution in [0.4, 0.5) is 45.5 Å². The molecule has 0 aromatic heterocycles. The molecule has 4 aliphatic rings. The predicted molar refractivity (Wildman–Crippen MR) is 575 cm³/mol. The maximum absolute atomic E-state index is 13.1. The van der Waals surface area contributed by atoms with Gasteiger partial charge in [0.15, 0.2) is 0 Å². The van der Waals surface area contributed by atoms with Crippen LogP contribution in [0.2, 0.25) is 30.1 Å². The van der Waals surface area contributed by atoms with Gasteiger partial charge >= 0.3 is 18.4 Å². The summed E-state index contributed by atoms with van der Waals surface area (Å²) in [6.45, 7) is 42.4. The van der Waals surface area contributed by atoms with Gasteiger partial charge in [0.25, 0.3) is 34.1 Å². The van der Waals surface area contributed by atoms with Crippen molar-refractivity contribution in [3.8, 4) is 0 Å². The second-order valence-electron chi connectivity index (χ2n) is 35.5. The van der Waals surface area contributed by atoms with E-state index in [0.717, 1.165) is 108 Å². The van der Waals surface area contributed by atoms with Crippen LogP contribution in [0.3, 0.4) is 0 Å². The fourth-order valence-electron chi connectivity index (χ4n) is 14.8. The van der Waals surface area contributed by atoms with Gasteiger partial charge < -0.3 is 51.2 Å². The summed E-state index contributed by atoms with van der Waals surface area (Å²) in [7, 11) is 0. The van der Waals surface area contributed by atoms with Gasteiger partial charge in [-0.1, -0.05) is 166 Å². The van der Waals surface area contributed by atoms with Crippen LogP contribution >= 0.6 is 92.8 Å². The van der Waals surface area contributed by atoms with Crippen molar-refractivity contribution in [3.05, 3.63) is 326 Å². The molecule has 4 heterocycles. The molecule has 32 heteroatoms. The molecule has 10 aromatic carbocycles. The summed E-state index contributed by atoms with van der Waals surface area (Å²) in [5.41, 5.74) is 21.1. The molecule has 4 unspecified atom stereocenters. The summed E-state index contributed by atoms with van der Waals surface area (Å²) in [6.07, 6.45) is 1.42. The van der Waals surface area contributed by atoms with E-state index < -0.39 is 34.1 Å². The number of nitrogens with zero attached hydrogens (tertiary/aromatic N) is 5. The number of nitrogens with one attached hydrogen (secondary N) is 4. The van der Waals surface area contributed by atoms with Crippen LogP contribution in [0, 0.1) is 0 Å². The fourth-order valence-corrected chi connectivity index (χ4v) is 15.9. The van der Waals surface area contributed by atoms with E-state index in [0.29, 0.717) is 83.2 Å². The first kappa shape index (κ1) is 120. The van der Waals surface area contributed by atoms with Gasteiger partial charge in [0.1, 0.15) is 11.2 Å². The van der Waals surface area contributed by atoms with Gasteiger partial charge in [-0.05, 0) is 391 Å². The van der Waals surface area contributed by atoms with E-state index in [1.165, 1.54) is 56.1 Å². The highest BCUT2D eigenvalue weighted by Crippen LogP contribution is 2.36. The number of anilines is 4. The van der Waals surface area contributed by atoms with Crippen molar-refractivity contribution in [1.29, 1.82) is 0 Å². The lowest BCUT2D eigenvalue weighted by molar-refractivity contribution is -0.156. The fraction of sp³-hybridized carbons (Fsp3) is 0.373. The lowest BCUT2D eigenvalue weighted by Gasteiger charge is -2.32. The average Bonchev–Trinajstić information content (AvgIpc) is 0.772. The van der Waals surface area contributed by atoms with E-state index in [2.05, 4.69) is 109 Å². The Morgan fingerprint density at radius 1 is 0.387 bits per heavy atom. The molecule has 0 saturated heterocycles. The van der Waals surface area contributed by atoms with Crippen LogP contribution in [-0.4, -0.2) is 145 Å². The molecule has 10 aromatic rings. The first-order valence-corrected chi connectivity index (χ1v) is 50.3. The van der Waals surface area contributed by atoms with Crippen molar-refractivity contribution >= 4 is 168 Å². The van der Waals surface area contributed by atoms with E-state index in [-0.39, 0.29) is 60.0 Å². The van der Waals surface area contributed by atoms with E-state index >= 15 is 0 Å². The monoisotopic (exact) mass is 2100 g/mol. The molecule has 0 saturated carbocycles. The molecule has 0 aliphatic carbocycles. The number of ether oxygens (including phenoxy) is 2. The minimum atomic E-state index is -4.64. The van der Waals surface area contributed by atoms with E-state index in [1.54, 1.807) is 155 Å². The molecule has 142 heavy (non-hydrogen) atoms. The number of benzene rings is 10. The summed E-state index contributed by atoms with van der Waals surface area (Å²) in [5, 5.41) is 15.1. The van der Waals surface area contributed by atoms with Crippen LogP contribution in [0.15, 0.2) is 218 Å². The number of carbonyl (C=O) groups excluding carboxylic acids is 9. The van der Waals surface area contributed by atoms with E-state index in [4.69, 9.17) is 113 Å². The first-order valence-electron chi connectivity index (χ1n) is 47.3. The number of carbonyl (C=O) groups is 9. The highest BCUT2D eigenvalue weighted by Gasteiger charge is 2.32. The normalized spacial score (nSPS) is 13.5.